The molecular weight excluding hydrogens is 237 g/mol. The van der Waals surface area contributed by atoms with Crippen LogP contribution in [0.25, 0.3) is 10.2 Å². The third-order valence-electron chi connectivity index (χ3n) is 1.35. The van der Waals surface area contributed by atoms with Crippen LogP contribution in [0.2, 0.25) is 0 Å². The molecule has 0 fully saturated rings. The summed E-state index contributed by atoms with van der Waals surface area (Å²) in [5.41, 5.74) is 0. The molecule has 0 aliphatic carbocycles. The number of hydrogen-bond donors (Lipinski definition) is 0. The van der Waals surface area contributed by atoms with Crippen LogP contribution in [0.15, 0.2) is 18.3 Å². The van der Waals surface area contributed by atoms with E-state index in [1.54, 1.807) is 0 Å². The predicted molar refractivity (Wildman–Crippen MR) is 52.5 cm³/mol. The van der Waals surface area contributed by atoms with E-state index >= 15 is 0 Å². The van der Waals surface area contributed by atoms with Gasteiger partial charge < -0.3 is 0 Å². The van der Waals surface area contributed by atoms with Crippen LogP contribution in [-0.4, -0.2) is 9.00 Å². The fourth-order valence-electron chi connectivity index (χ4n) is 0.862. The van der Waals surface area contributed by atoms with E-state index in [1.165, 1.54) is 5.22 Å². The number of fused-ring (bicyclic) bond motifs is 1. The summed E-state index contributed by atoms with van der Waals surface area (Å²) < 4.78 is 4.50. The molecule has 0 aromatic carbocycles. The normalized spacial score (nSPS) is 14.0. The smallest absolute Gasteiger partial charge is 0.0758 e. The highest BCUT2D eigenvalue weighted by Gasteiger charge is 1.85. The summed E-state index contributed by atoms with van der Waals surface area (Å²) in [5, 5.41) is 2.42. The number of halogens is 1. The minimum atomic E-state index is 0.158. The molecule has 2 heteroatoms. The zero-order chi connectivity index (χ0) is 6.81. The summed E-state index contributed by atoms with van der Waals surface area (Å²) in [7, 11) is 0. The highest BCUT2D eigenvalue weighted by Crippen LogP contribution is 1.96. The molecule has 1 aliphatic rings. The molecule has 0 saturated carbocycles. The minimum Gasteiger partial charge on any atom is -0.256 e. The van der Waals surface area contributed by atoms with Crippen molar-refractivity contribution in [3.05, 3.63) is 28.9 Å². The lowest BCUT2D eigenvalue weighted by Crippen LogP contribution is -2.27. The lowest BCUT2D eigenvalue weighted by Gasteiger charge is -1.89. The summed E-state index contributed by atoms with van der Waals surface area (Å²) in [6, 6.07) is 4.07. The van der Waals surface area contributed by atoms with Gasteiger partial charge in [-0.3, -0.25) is 4.98 Å². The first-order valence-electron chi connectivity index (χ1n) is 3.03. The van der Waals surface area contributed by atoms with Crippen molar-refractivity contribution in [2.75, 3.05) is 0 Å². The molecule has 0 bridgehead atoms. The monoisotopic (exact) mass is 243 g/mol. The fraction of sp³-hybridized carbons (Fsp3) is 0. The van der Waals surface area contributed by atoms with Crippen molar-refractivity contribution in [1.29, 1.82) is 0 Å². The van der Waals surface area contributed by atoms with E-state index in [4.69, 9.17) is 0 Å². The lowest BCUT2D eigenvalue weighted by atomic mass is 10.3. The Morgan fingerprint density at radius 1 is 1.40 bits per heavy atom. The summed E-state index contributed by atoms with van der Waals surface area (Å²) in [6.45, 7) is 0. The lowest BCUT2D eigenvalue weighted by molar-refractivity contribution is 1.23. The zero-order valence-corrected chi connectivity index (χ0v) is 7.45. The molecule has 50 valence electrons. The number of nitrogens with zero attached hydrogens (tertiary/aromatic N) is 1. The molecule has 0 N–H and O–H groups in total. The van der Waals surface area contributed by atoms with E-state index in [0.29, 0.717) is 0 Å². The molecule has 1 aromatic heterocycles. The molecular formula is C8H6IN. The van der Waals surface area contributed by atoms with Crippen molar-refractivity contribution in [2.24, 2.45) is 0 Å². The van der Waals surface area contributed by atoms with Crippen LogP contribution < -0.4 is 10.6 Å². The third-order valence-corrected chi connectivity index (χ3v) is 3.08. The Bertz CT molecular complexity index is 341. The van der Waals surface area contributed by atoms with E-state index in [0.717, 1.165) is 5.35 Å². The highest BCUT2D eigenvalue weighted by atomic mass is 127. The Hall–Kier alpha value is -0.510. The second-order valence-electron chi connectivity index (χ2n) is 2.01. The topological polar surface area (TPSA) is 12.9 Å². The van der Waals surface area contributed by atoms with Crippen LogP contribution in [0.5, 0.6) is 0 Å². The van der Waals surface area contributed by atoms with Crippen molar-refractivity contribution in [3.63, 3.8) is 0 Å². The molecule has 1 aliphatic heterocycles. The van der Waals surface area contributed by atoms with E-state index in [9.17, 15) is 0 Å². The average molecular weight is 243 g/mol. The highest BCUT2D eigenvalue weighted by molar-refractivity contribution is 14.2. The summed E-state index contributed by atoms with van der Waals surface area (Å²) >= 11 is 0.158. The van der Waals surface area contributed by atoms with Gasteiger partial charge in [-0.25, -0.2) is 0 Å². The standard InChI is InChI=1S/C8H6IN/c1-2-7-3-4-9-6-8(7)10-5-1/h1-6H. The molecule has 1 aromatic rings. The van der Waals surface area contributed by atoms with Crippen molar-refractivity contribution in [3.8, 4) is 0 Å². The maximum absolute atomic E-state index is 4.24. The molecule has 1 nitrogen and oxygen atoms in total. The molecule has 0 saturated heterocycles. The average Bonchev–Trinajstić information content (AvgIpc) is 2.05. The Kier molecular flexibility index (Phi) is 1.63. The number of pyridine rings is 1. The van der Waals surface area contributed by atoms with Crippen molar-refractivity contribution < 1.29 is 0 Å². The number of aromatic nitrogens is 1. The van der Waals surface area contributed by atoms with Crippen LogP contribution >= 0.6 is 20.7 Å². The third kappa shape index (κ3) is 1.03. The molecule has 0 amide bonds. The van der Waals surface area contributed by atoms with Crippen LogP contribution in [0.1, 0.15) is 0 Å². The molecule has 0 atom stereocenters. The van der Waals surface area contributed by atoms with Gasteiger partial charge in [-0.15, -0.1) is 0 Å². The first-order chi connectivity index (χ1) is 4.97. The van der Waals surface area contributed by atoms with E-state index in [2.05, 4.69) is 25.2 Å². The Labute approximate surface area is 68.9 Å². The van der Waals surface area contributed by atoms with Crippen LogP contribution in [-0.2, 0) is 0 Å². The fourth-order valence-corrected chi connectivity index (χ4v) is 2.53. The summed E-state index contributed by atoms with van der Waals surface area (Å²) in [4.78, 5) is 4.24. The Morgan fingerprint density at radius 3 is 3.30 bits per heavy atom. The Morgan fingerprint density at radius 2 is 2.40 bits per heavy atom. The van der Waals surface area contributed by atoms with Crippen LogP contribution in [0, 0.1) is 0 Å². The first-order valence-corrected chi connectivity index (χ1v) is 5.53. The zero-order valence-electron chi connectivity index (χ0n) is 5.29. The van der Waals surface area contributed by atoms with Crippen molar-refractivity contribution in [2.45, 2.75) is 0 Å². The van der Waals surface area contributed by atoms with Gasteiger partial charge in [0.2, 0.25) is 0 Å². The van der Waals surface area contributed by atoms with Gasteiger partial charge in [-0.1, -0.05) is 26.8 Å². The summed E-state index contributed by atoms with van der Waals surface area (Å²) in [6.07, 6.45) is 4.01. The van der Waals surface area contributed by atoms with E-state index < -0.39 is 0 Å². The van der Waals surface area contributed by atoms with Crippen LogP contribution in [0.3, 0.4) is 0 Å². The van der Waals surface area contributed by atoms with Crippen molar-refractivity contribution >= 4 is 34.9 Å². The van der Waals surface area contributed by atoms with Gasteiger partial charge in [0.1, 0.15) is 0 Å². The summed E-state index contributed by atoms with van der Waals surface area (Å²) in [5.74, 6) is 0. The predicted octanol–water partition coefficient (Wildman–Crippen LogP) is 0.387. The van der Waals surface area contributed by atoms with Crippen LogP contribution in [0.4, 0.5) is 0 Å². The minimum absolute atomic E-state index is 0.158. The van der Waals surface area contributed by atoms with E-state index in [-0.39, 0.29) is 20.7 Å². The second-order valence-corrected chi connectivity index (χ2v) is 4.07. The quantitative estimate of drug-likeness (QED) is 0.600. The molecule has 0 radical (unpaired) electrons. The van der Waals surface area contributed by atoms with Crippen molar-refractivity contribution in [1.82, 2.24) is 4.98 Å². The van der Waals surface area contributed by atoms with Gasteiger partial charge in [0.25, 0.3) is 0 Å². The molecule has 2 rings (SSSR count). The van der Waals surface area contributed by atoms with E-state index in [1.807, 2.05) is 12.3 Å². The van der Waals surface area contributed by atoms with Gasteiger partial charge in [0, 0.05) is 11.4 Å². The second kappa shape index (κ2) is 2.62. The molecule has 10 heavy (non-hydrogen) atoms. The molecule has 0 spiro atoms. The maximum atomic E-state index is 4.24. The molecule has 2 heterocycles. The number of rotatable bonds is 0. The van der Waals surface area contributed by atoms with Gasteiger partial charge in [0.05, 0.1) is 5.35 Å². The SMILES string of the molecule is C1=IC=c2ncccc2=C1. The maximum Gasteiger partial charge on any atom is 0.0758 e. The number of hydrogen-bond acceptors (Lipinski definition) is 1. The van der Waals surface area contributed by atoms with Gasteiger partial charge in [-0.05, 0) is 20.2 Å². The van der Waals surface area contributed by atoms with Gasteiger partial charge in [-0.2, -0.15) is 0 Å². The van der Waals surface area contributed by atoms with Gasteiger partial charge in [0.15, 0.2) is 0 Å². The molecule has 0 unspecified atom stereocenters. The van der Waals surface area contributed by atoms with Gasteiger partial charge >= 0.3 is 0 Å². The Balaban J connectivity index is 2.92. The largest absolute Gasteiger partial charge is 0.256 e. The first kappa shape index (κ1) is 6.22.